The molecule has 0 spiro atoms. The highest BCUT2D eigenvalue weighted by molar-refractivity contribution is 9.10. The van der Waals surface area contributed by atoms with E-state index in [0.29, 0.717) is 5.82 Å². The molecule has 1 aromatic heterocycles. The van der Waals surface area contributed by atoms with Crippen molar-refractivity contribution in [3.63, 3.8) is 0 Å². The number of nitrogens with one attached hydrogen (secondary N) is 1. The summed E-state index contributed by atoms with van der Waals surface area (Å²) in [6, 6.07) is 1.16. The zero-order valence-corrected chi connectivity index (χ0v) is 10.4. The predicted octanol–water partition coefficient (Wildman–Crippen LogP) is 1.44. The van der Waals surface area contributed by atoms with Crippen molar-refractivity contribution in [2.24, 2.45) is 5.73 Å². The molecule has 0 aliphatic heterocycles. The van der Waals surface area contributed by atoms with Crippen LogP contribution in [0, 0.1) is 19.3 Å². The van der Waals surface area contributed by atoms with Gasteiger partial charge >= 0.3 is 0 Å². The van der Waals surface area contributed by atoms with E-state index in [1.165, 1.54) is 0 Å². The maximum atomic E-state index is 11.6. The van der Waals surface area contributed by atoms with Crippen molar-refractivity contribution in [3.8, 4) is 12.3 Å². The highest BCUT2D eigenvalue weighted by atomic mass is 79.9. The van der Waals surface area contributed by atoms with Gasteiger partial charge in [-0.1, -0.05) is 0 Å². The van der Waals surface area contributed by atoms with Crippen molar-refractivity contribution in [3.05, 3.63) is 22.3 Å². The molecule has 5 heteroatoms. The van der Waals surface area contributed by atoms with E-state index in [1.807, 2.05) is 13.0 Å². The minimum atomic E-state index is -0.699. The second kappa shape index (κ2) is 5.64. The molecule has 1 atom stereocenters. The number of hydrogen-bond acceptors (Lipinski definition) is 3. The van der Waals surface area contributed by atoms with E-state index in [1.54, 1.807) is 6.20 Å². The Labute approximate surface area is 103 Å². The van der Waals surface area contributed by atoms with Crippen molar-refractivity contribution in [2.45, 2.75) is 19.4 Å². The quantitative estimate of drug-likeness (QED) is 0.824. The van der Waals surface area contributed by atoms with Crippen molar-refractivity contribution in [1.29, 1.82) is 0 Å². The van der Waals surface area contributed by atoms with Crippen molar-refractivity contribution in [1.82, 2.24) is 4.98 Å². The van der Waals surface area contributed by atoms with E-state index in [-0.39, 0.29) is 12.3 Å². The number of aromatic nitrogens is 1. The van der Waals surface area contributed by atoms with E-state index in [9.17, 15) is 4.79 Å². The van der Waals surface area contributed by atoms with Gasteiger partial charge in [0.2, 0.25) is 5.91 Å². The minimum Gasteiger partial charge on any atom is -0.319 e. The molecule has 0 saturated heterocycles. The summed E-state index contributed by atoms with van der Waals surface area (Å²) in [5.74, 6) is 2.52. The third-order valence-electron chi connectivity index (χ3n) is 1.96. The lowest BCUT2D eigenvalue weighted by molar-refractivity contribution is -0.117. The Morgan fingerprint density at radius 2 is 2.50 bits per heavy atom. The number of halogens is 1. The molecule has 84 valence electrons. The van der Waals surface area contributed by atoms with Gasteiger partial charge in [-0.2, -0.15) is 0 Å². The van der Waals surface area contributed by atoms with Crippen LogP contribution in [-0.4, -0.2) is 16.9 Å². The zero-order chi connectivity index (χ0) is 12.1. The monoisotopic (exact) mass is 281 g/mol. The molecule has 16 heavy (non-hydrogen) atoms. The van der Waals surface area contributed by atoms with Crippen molar-refractivity contribution in [2.75, 3.05) is 5.32 Å². The lowest BCUT2D eigenvalue weighted by Crippen LogP contribution is -2.35. The topological polar surface area (TPSA) is 68.0 Å². The fourth-order valence-corrected chi connectivity index (χ4v) is 1.55. The molecule has 0 fully saturated rings. The van der Waals surface area contributed by atoms with Gasteiger partial charge in [-0.25, -0.2) is 4.98 Å². The van der Waals surface area contributed by atoms with Gasteiger partial charge < -0.3 is 11.1 Å². The summed E-state index contributed by atoms with van der Waals surface area (Å²) in [5.41, 5.74) is 6.42. The fraction of sp³-hybridized carbons (Fsp3) is 0.273. The van der Waals surface area contributed by atoms with Crippen LogP contribution in [0.1, 0.15) is 12.0 Å². The lowest BCUT2D eigenvalue weighted by atomic mass is 10.2. The van der Waals surface area contributed by atoms with Gasteiger partial charge in [0.25, 0.3) is 0 Å². The first-order chi connectivity index (χ1) is 7.54. The average Bonchev–Trinajstić information content (AvgIpc) is 2.22. The Morgan fingerprint density at radius 1 is 1.81 bits per heavy atom. The Morgan fingerprint density at radius 3 is 3.06 bits per heavy atom. The highest BCUT2D eigenvalue weighted by Crippen LogP contribution is 2.16. The number of terminal acetylenes is 1. The second-order valence-electron chi connectivity index (χ2n) is 3.32. The third kappa shape index (κ3) is 3.33. The van der Waals surface area contributed by atoms with Crippen LogP contribution in [0.4, 0.5) is 5.82 Å². The molecule has 1 heterocycles. The van der Waals surface area contributed by atoms with Crippen LogP contribution in [0.3, 0.4) is 0 Å². The molecule has 0 radical (unpaired) electrons. The Kier molecular flexibility index (Phi) is 4.47. The normalized spacial score (nSPS) is 11.6. The molecule has 0 saturated carbocycles. The van der Waals surface area contributed by atoms with Gasteiger partial charge in [-0.05, 0) is 34.5 Å². The van der Waals surface area contributed by atoms with Crippen molar-refractivity contribution < 1.29 is 4.79 Å². The third-order valence-corrected chi connectivity index (χ3v) is 2.39. The molecule has 0 bridgehead atoms. The maximum absolute atomic E-state index is 11.6. The molecule has 0 aromatic carbocycles. The first kappa shape index (κ1) is 12.7. The fourth-order valence-electron chi connectivity index (χ4n) is 1.10. The number of amides is 1. The number of nitrogens with zero attached hydrogens (tertiary/aromatic N) is 1. The minimum absolute atomic E-state index is 0.210. The summed E-state index contributed by atoms with van der Waals surface area (Å²) in [4.78, 5) is 15.6. The van der Waals surface area contributed by atoms with Crippen molar-refractivity contribution >= 4 is 27.7 Å². The zero-order valence-electron chi connectivity index (χ0n) is 8.83. The highest BCUT2D eigenvalue weighted by Gasteiger charge is 2.13. The number of rotatable bonds is 3. The number of hydrogen-bond donors (Lipinski definition) is 2. The molecule has 1 aromatic rings. The van der Waals surface area contributed by atoms with Crippen LogP contribution >= 0.6 is 15.9 Å². The maximum Gasteiger partial charge on any atom is 0.243 e. The van der Waals surface area contributed by atoms with Gasteiger partial charge in [0, 0.05) is 17.1 Å². The molecule has 0 aliphatic carbocycles. The number of carbonyl (C=O) groups is 1. The van der Waals surface area contributed by atoms with Gasteiger partial charge in [-0.15, -0.1) is 12.3 Å². The molecular formula is C11H12BrN3O. The molecule has 1 amide bonds. The van der Waals surface area contributed by atoms with E-state index in [2.05, 4.69) is 32.2 Å². The molecule has 4 nitrogen and oxygen atoms in total. The Bertz CT molecular complexity index is 439. The second-order valence-corrected chi connectivity index (χ2v) is 4.24. The summed E-state index contributed by atoms with van der Waals surface area (Å²) < 4.78 is 0.857. The first-order valence-corrected chi connectivity index (χ1v) is 5.46. The van der Waals surface area contributed by atoms with Crippen LogP contribution in [0.15, 0.2) is 16.7 Å². The van der Waals surface area contributed by atoms with Gasteiger partial charge in [0.1, 0.15) is 5.82 Å². The number of pyridine rings is 1. The molecule has 0 aliphatic rings. The van der Waals surface area contributed by atoms with Gasteiger partial charge in [-0.3, -0.25) is 4.79 Å². The van der Waals surface area contributed by atoms with E-state index in [4.69, 9.17) is 12.2 Å². The summed E-state index contributed by atoms with van der Waals surface area (Å²) in [5, 5.41) is 2.63. The summed E-state index contributed by atoms with van der Waals surface area (Å²) in [6.45, 7) is 1.85. The largest absolute Gasteiger partial charge is 0.319 e. The number of nitrogens with two attached hydrogens (primary N) is 1. The molecule has 1 unspecified atom stereocenters. The molecule has 3 N–H and O–H groups in total. The molecule has 1 rings (SSSR count). The van der Waals surface area contributed by atoms with E-state index in [0.717, 1.165) is 10.0 Å². The summed E-state index contributed by atoms with van der Waals surface area (Å²) in [6.07, 6.45) is 6.89. The Hall–Kier alpha value is -1.38. The van der Waals surface area contributed by atoms with Crippen LogP contribution in [0.2, 0.25) is 0 Å². The number of carbonyl (C=O) groups excluding carboxylic acids is 1. The number of aryl methyl sites for hydroxylation is 1. The van der Waals surface area contributed by atoms with Crippen LogP contribution < -0.4 is 11.1 Å². The van der Waals surface area contributed by atoms with E-state index < -0.39 is 6.04 Å². The Balaban J connectivity index is 2.74. The summed E-state index contributed by atoms with van der Waals surface area (Å²) >= 11 is 3.29. The van der Waals surface area contributed by atoms with E-state index >= 15 is 0 Å². The summed E-state index contributed by atoms with van der Waals surface area (Å²) in [7, 11) is 0. The molecular weight excluding hydrogens is 270 g/mol. The van der Waals surface area contributed by atoms with Crippen LogP contribution in [0.25, 0.3) is 0 Å². The van der Waals surface area contributed by atoms with Crippen LogP contribution in [-0.2, 0) is 4.79 Å². The van der Waals surface area contributed by atoms with Crippen LogP contribution in [0.5, 0.6) is 0 Å². The SMILES string of the molecule is C#CCC(N)C(=O)Nc1ncc(Br)cc1C. The predicted molar refractivity (Wildman–Crippen MR) is 66.7 cm³/mol. The smallest absolute Gasteiger partial charge is 0.243 e. The standard InChI is InChI=1S/C11H12BrN3O/c1-3-4-9(13)11(16)15-10-7(2)5-8(12)6-14-10/h1,5-6,9H,4,13H2,2H3,(H,14,15,16). The first-order valence-electron chi connectivity index (χ1n) is 4.66. The van der Waals surface area contributed by atoms with Gasteiger partial charge in [0.15, 0.2) is 0 Å². The average molecular weight is 282 g/mol. The number of anilines is 1. The van der Waals surface area contributed by atoms with Gasteiger partial charge in [0.05, 0.1) is 6.04 Å². The lowest BCUT2D eigenvalue weighted by Gasteiger charge is -2.10.